The molecule has 0 radical (unpaired) electrons. The third-order valence-corrected chi connectivity index (χ3v) is 5.32. The van der Waals surface area contributed by atoms with Crippen molar-refractivity contribution in [3.63, 3.8) is 0 Å². The number of aromatic nitrogens is 6. The van der Waals surface area contributed by atoms with Crippen LogP contribution in [-0.2, 0) is 0 Å². The van der Waals surface area contributed by atoms with Gasteiger partial charge in [0.15, 0.2) is 5.82 Å². The summed E-state index contributed by atoms with van der Waals surface area (Å²) in [5, 5.41) is 9.22. The van der Waals surface area contributed by atoms with Gasteiger partial charge in [-0.25, -0.2) is 9.97 Å². The molecule has 5 rings (SSSR count). The van der Waals surface area contributed by atoms with Crippen LogP contribution in [0.1, 0.15) is 12.2 Å². The molecule has 2 atom stereocenters. The number of anilines is 2. The highest BCUT2D eigenvalue weighted by molar-refractivity contribution is 7.09. The number of nitrogens with zero attached hydrogens (tertiary/aromatic N) is 8. The number of fused-ring (bicyclic) bond motifs is 3. The zero-order chi connectivity index (χ0) is 14.7. The van der Waals surface area contributed by atoms with Crippen LogP contribution >= 0.6 is 11.5 Å². The largest absolute Gasteiger partial charge is 0.347 e. The average molecular weight is 314 g/mol. The number of rotatable bonds is 2. The number of piperazine rings is 1. The van der Waals surface area contributed by atoms with E-state index in [0.29, 0.717) is 12.1 Å². The molecule has 9 heteroatoms. The van der Waals surface area contributed by atoms with Crippen LogP contribution in [-0.4, -0.2) is 54.1 Å². The quantitative estimate of drug-likeness (QED) is 0.691. The zero-order valence-corrected chi connectivity index (χ0v) is 12.8. The van der Waals surface area contributed by atoms with Crippen LogP contribution in [0.5, 0.6) is 0 Å². The van der Waals surface area contributed by atoms with Gasteiger partial charge in [-0.2, -0.15) is 4.37 Å². The van der Waals surface area contributed by atoms with Crippen molar-refractivity contribution in [3.8, 4) is 0 Å². The molecule has 2 fully saturated rings. The highest BCUT2D eigenvalue weighted by Crippen LogP contribution is 2.37. The Morgan fingerprint density at radius 3 is 2.86 bits per heavy atom. The normalized spacial score (nSPS) is 23.9. The van der Waals surface area contributed by atoms with Gasteiger partial charge in [0.1, 0.15) is 12.2 Å². The molecule has 3 aromatic rings. The van der Waals surface area contributed by atoms with E-state index in [4.69, 9.17) is 0 Å². The second-order valence-corrected chi connectivity index (χ2v) is 6.52. The fourth-order valence-electron chi connectivity index (χ4n) is 3.51. The summed E-state index contributed by atoms with van der Waals surface area (Å²) in [5.74, 6) is 1.79. The van der Waals surface area contributed by atoms with E-state index in [9.17, 15) is 0 Å². The van der Waals surface area contributed by atoms with E-state index in [0.717, 1.165) is 41.9 Å². The van der Waals surface area contributed by atoms with Crippen molar-refractivity contribution < 1.29 is 0 Å². The van der Waals surface area contributed by atoms with Gasteiger partial charge in [-0.15, -0.1) is 10.2 Å². The molecule has 2 aliphatic rings. The van der Waals surface area contributed by atoms with Crippen LogP contribution in [0.4, 0.5) is 10.9 Å². The summed E-state index contributed by atoms with van der Waals surface area (Å²) in [6, 6.07) is 0.923. The van der Waals surface area contributed by atoms with Crippen LogP contribution in [0.2, 0.25) is 0 Å². The second-order valence-electron chi connectivity index (χ2n) is 5.78. The fourth-order valence-corrected chi connectivity index (χ4v) is 4.27. The molecule has 112 valence electrons. The Morgan fingerprint density at radius 2 is 2.09 bits per heavy atom. The molecule has 3 aromatic heterocycles. The minimum Gasteiger partial charge on any atom is -0.347 e. The van der Waals surface area contributed by atoms with Crippen LogP contribution < -0.4 is 9.80 Å². The predicted molar refractivity (Wildman–Crippen MR) is 82.3 cm³/mol. The molecule has 0 N–H and O–H groups in total. The van der Waals surface area contributed by atoms with Crippen molar-refractivity contribution in [3.05, 3.63) is 24.5 Å². The lowest BCUT2D eigenvalue weighted by molar-refractivity contribution is 0.639. The van der Waals surface area contributed by atoms with Gasteiger partial charge < -0.3 is 9.80 Å². The minimum absolute atomic E-state index is 0.449. The summed E-state index contributed by atoms with van der Waals surface area (Å²) in [6.45, 7) is 3.86. The lowest BCUT2D eigenvalue weighted by Gasteiger charge is -2.34. The average Bonchev–Trinajstić information content (AvgIpc) is 3.28. The van der Waals surface area contributed by atoms with Gasteiger partial charge in [0.05, 0.1) is 12.1 Å². The molecule has 2 saturated heterocycles. The van der Waals surface area contributed by atoms with E-state index >= 15 is 0 Å². The first-order valence-electron chi connectivity index (χ1n) is 7.27. The van der Waals surface area contributed by atoms with Crippen LogP contribution in [0, 0.1) is 6.92 Å². The highest BCUT2D eigenvalue weighted by atomic mass is 32.1. The summed E-state index contributed by atoms with van der Waals surface area (Å²) in [5.41, 5.74) is 0.827. The van der Waals surface area contributed by atoms with Gasteiger partial charge in [0.2, 0.25) is 10.8 Å². The van der Waals surface area contributed by atoms with E-state index in [1.807, 2.05) is 23.7 Å². The summed E-state index contributed by atoms with van der Waals surface area (Å²) >= 11 is 1.49. The summed E-state index contributed by atoms with van der Waals surface area (Å²) in [7, 11) is 0. The number of aryl methyl sites for hydroxylation is 1. The lowest BCUT2D eigenvalue weighted by atomic mass is 10.2. The first kappa shape index (κ1) is 12.3. The number of hydrogen-bond acceptors (Lipinski definition) is 8. The molecular weight excluding hydrogens is 300 g/mol. The molecule has 0 aliphatic carbocycles. The van der Waals surface area contributed by atoms with Crippen molar-refractivity contribution in [2.75, 3.05) is 22.9 Å². The van der Waals surface area contributed by atoms with Crippen LogP contribution in [0.25, 0.3) is 5.65 Å². The predicted octanol–water partition coefficient (Wildman–Crippen LogP) is 0.752. The molecule has 5 heterocycles. The van der Waals surface area contributed by atoms with Crippen molar-refractivity contribution >= 4 is 28.1 Å². The smallest absolute Gasteiger partial charge is 0.205 e. The molecule has 22 heavy (non-hydrogen) atoms. The Morgan fingerprint density at radius 1 is 1.23 bits per heavy atom. The van der Waals surface area contributed by atoms with Crippen molar-refractivity contribution in [2.24, 2.45) is 0 Å². The van der Waals surface area contributed by atoms with Crippen LogP contribution in [0.3, 0.4) is 0 Å². The topological polar surface area (TPSA) is 75.3 Å². The SMILES string of the molecule is Cc1nsc(N2CC3CC2CN3c2nccn3cnnc23)n1. The van der Waals surface area contributed by atoms with Crippen LogP contribution in [0.15, 0.2) is 18.7 Å². The van der Waals surface area contributed by atoms with Crippen molar-refractivity contribution in [1.29, 1.82) is 0 Å². The Labute approximate surface area is 130 Å². The monoisotopic (exact) mass is 314 g/mol. The molecule has 8 nitrogen and oxygen atoms in total. The Hall–Kier alpha value is -2.29. The standard InChI is InChI=1S/C13H14N8S/c1-8-16-13(22-18-8)21-6-9-4-10(21)5-20(9)11-12-17-15-7-19(12)3-2-14-11/h2-3,7,9-10H,4-6H2,1H3. The molecule has 2 bridgehead atoms. The summed E-state index contributed by atoms with van der Waals surface area (Å²) in [6.07, 6.45) is 6.54. The first-order valence-corrected chi connectivity index (χ1v) is 8.05. The van der Waals surface area contributed by atoms with Gasteiger partial charge in [0, 0.05) is 37.0 Å². The minimum atomic E-state index is 0.449. The molecule has 0 spiro atoms. The Bertz CT molecular complexity index is 841. The van der Waals surface area contributed by atoms with E-state index < -0.39 is 0 Å². The summed E-state index contributed by atoms with van der Waals surface area (Å²) < 4.78 is 6.21. The highest BCUT2D eigenvalue weighted by Gasteiger charge is 2.45. The van der Waals surface area contributed by atoms with Gasteiger partial charge in [-0.1, -0.05) is 0 Å². The third-order valence-electron chi connectivity index (χ3n) is 4.47. The Kier molecular flexibility index (Phi) is 2.43. The fraction of sp³-hybridized carbons (Fsp3) is 0.462. The maximum atomic E-state index is 4.54. The van der Waals surface area contributed by atoms with Gasteiger partial charge in [-0.05, 0) is 13.3 Å². The van der Waals surface area contributed by atoms with Crippen molar-refractivity contribution in [1.82, 2.24) is 28.9 Å². The molecule has 2 aliphatic heterocycles. The third kappa shape index (κ3) is 1.65. The second kappa shape index (κ2) is 4.35. The Balaban J connectivity index is 1.46. The van der Waals surface area contributed by atoms with E-state index in [2.05, 4.69) is 34.3 Å². The number of hydrogen-bond donors (Lipinski definition) is 0. The maximum absolute atomic E-state index is 4.54. The van der Waals surface area contributed by atoms with Crippen molar-refractivity contribution in [2.45, 2.75) is 25.4 Å². The molecule has 0 saturated carbocycles. The first-order chi connectivity index (χ1) is 10.8. The van der Waals surface area contributed by atoms with E-state index in [-0.39, 0.29) is 0 Å². The van der Waals surface area contributed by atoms with Gasteiger partial charge in [0.25, 0.3) is 0 Å². The van der Waals surface area contributed by atoms with E-state index in [1.54, 1.807) is 6.33 Å². The molecule has 2 unspecified atom stereocenters. The zero-order valence-electron chi connectivity index (χ0n) is 12.0. The molecule has 0 amide bonds. The summed E-state index contributed by atoms with van der Waals surface area (Å²) in [4.78, 5) is 13.8. The molecular formula is C13H14N8S. The van der Waals surface area contributed by atoms with E-state index in [1.165, 1.54) is 11.5 Å². The molecule has 0 aromatic carbocycles. The lowest BCUT2D eigenvalue weighted by Crippen LogP contribution is -2.47. The maximum Gasteiger partial charge on any atom is 0.205 e. The van der Waals surface area contributed by atoms with Gasteiger partial charge in [-0.3, -0.25) is 4.40 Å². The van der Waals surface area contributed by atoms with Gasteiger partial charge >= 0.3 is 0 Å².